The van der Waals surface area contributed by atoms with Crippen LogP contribution in [0.1, 0.15) is 30.7 Å². The Balaban J connectivity index is 1.42. The first kappa shape index (κ1) is 19.9. The highest BCUT2D eigenvalue weighted by Crippen LogP contribution is 2.18. The molecule has 156 valence electrons. The minimum atomic E-state index is 0.00790. The number of fused-ring (bicyclic) bond motifs is 1. The Kier molecular flexibility index (Phi) is 6.16. The molecule has 0 bridgehead atoms. The fourth-order valence-electron chi connectivity index (χ4n) is 3.93. The molecule has 2 aromatic rings. The van der Waals surface area contributed by atoms with Gasteiger partial charge in [-0.3, -0.25) is 14.7 Å². The third kappa shape index (κ3) is 4.97. The number of H-pyrrole nitrogens is 1. The maximum absolute atomic E-state index is 12.7. The van der Waals surface area contributed by atoms with E-state index in [0.29, 0.717) is 19.2 Å². The summed E-state index contributed by atoms with van der Waals surface area (Å²) in [5, 5.41) is 0. The van der Waals surface area contributed by atoms with Gasteiger partial charge in [0.15, 0.2) is 0 Å². The molecule has 0 spiro atoms. The molecule has 0 aliphatic carbocycles. The molecule has 0 radical (unpaired) electrons. The van der Waals surface area contributed by atoms with Crippen molar-refractivity contribution in [1.82, 2.24) is 14.9 Å². The zero-order valence-electron chi connectivity index (χ0n) is 17.3. The van der Waals surface area contributed by atoms with E-state index in [1.807, 2.05) is 26.0 Å². The number of aromatic amines is 1. The topological polar surface area (TPSA) is 70.7 Å². The number of rotatable bonds is 5. The van der Waals surface area contributed by atoms with Crippen LogP contribution < -0.4 is 15.2 Å². The van der Waals surface area contributed by atoms with Crippen LogP contribution in [0.3, 0.4) is 0 Å². The second-order valence-corrected chi connectivity index (χ2v) is 8.00. The first-order valence-electron chi connectivity index (χ1n) is 10.5. The Morgan fingerprint density at radius 2 is 1.83 bits per heavy atom. The van der Waals surface area contributed by atoms with Gasteiger partial charge in [0.05, 0.1) is 25.0 Å². The molecule has 0 saturated carbocycles. The molecule has 1 N–H and O–H groups in total. The lowest BCUT2D eigenvalue weighted by Gasteiger charge is -2.27. The van der Waals surface area contributed by atoms with Crippen molar-refractivity contribution in [2.75, 3.05) is 44.3 Å². The molecule has 1 aromatic heterocycles. The van der Waals surface area contributed by atoms with E-state index in [1.54, 1.807) is 0 Å². The predicted octanol–water partition coefficient (Wildman–Crippen LogP) is 1.99. The molecular formula is C22H30N4O3. The third-order valence-electron chi connectivity index (χ3n) is 5.44. The van der Waals surface area contributed by atoms with Crippen molar-refractivity contribution in [3.8, 4) is 5.75 Å². The van der Waals surface area contributed by atoms with E-state index in [4.69, 9.17) is 14.5 Å². The van der Waals surface area contributed by atoms with Gasteiger partial charge in [0.2, 0.25) is 5.95 Å². The fourth-order valence-corrected chi connectivity index (χ4v) is 3.93. The lowest BCUT2D eigenvalue weighted by molar-refractivity contribution is 0.122. The maximum atomic E-state index is 12.7. The van der Waals surface area contributed by atoms with E-state index in [9.17, 15) is 4.79 Å². The van der Waals surface area contributed by atoms with Crippen LogP contribution in [0.5, 0.6) is 5.75 Å². The third-order valence-corrected chi connectivity index (χ3v) is 5.44. The van der Waals surface area contributed by atoms with Gasteiger partial charge in [-0.05, 0) is 38.0 Å². The van der Waals surface area contributed by atoms with Crippen LogP contribution in [0, 0.1) is 0 Å². The number of anilines is 1. The number of morpholine rings is 1. The Bertz CT molecular complexity index is 873. The lowest BCUT2D eigenvalue weighted by Crippen LogP contribution is -2.38. The van der Waals surface area contributed by atoms with Crippen molar-refractivity contribution < 1.29 is 9.47 Å². The number of nitrogens with one attached hydrogen (secondary N) is 1. The molecule has 0 unspecified atom stereocenters. The minimum Gasteiger partial charge on any atom is -0.491 e. The Morgan fingerprint density at radius 1 is 1.10 bits per heavy atom. The SMILES string of the molecule is CC(C)Oc1ccc(CN2CCc3nc(N4CCOCC4)[nH]c(=O)c3CC2)cc1. The molecule has 0 amide bonds. The van der Waals surface area contributed by atoms with Crippen LogP contribution in [0.25, 0.3) is 0 Å². The number of benzene rings is 1. The van der Waals surface area contributed by atoms with Crippen molar-refractivity contribution in [2.24, 2.45) is 0 Å². The maximum Gasteiger partial charge on any atom is 0.255 e. The smallest absolute Gasteiger partial charge is 0.255 e. The number of aromatic nitrogens is 2. The first-order chi connectivity index (χ1) is 14.1. The summed E-state index contributed by atoms with van der Waals surface area (Å²) in [6.07, 6.45) is 1.71. The summed E-state index contributed by atoms with van der Waals surface area (Å²) in [4.78, 5) is 25.0. The van der Waals surface area contributed by atoms with Gasteiger partial charge in [0.1, 0.15) is 5.75 Å². The molecule has 4 rings (SSSR count). The Labute approximate surface area is 171 Å². The largest absolute Gasteiger partial charge is 0.491 e. The predicted molar refractivity (Wildman–Crippen MR) is 113 cm³/mol. The van der Waals surface area contributed by atoms with Gasteiger partial charge in [-0.1, -0.05) is 12.1 Å². The van der Waals surface area contributed by atoms with Crippen molar-refractivity contribution in [2.45, 2.75) is 39.3 Å². The number of nitrogens with zero attached hydrogens (tertiary/aromatic N) is 3. The second-order valence-electron chi connectivity index (χ2n) is 8.00. The first-order valence-corrected chi connectivity index (χ1v) is 10.5. The fraction of sp³-hybridized carbons (Fsp3) is 0.545. The summed E-state index contributed by atoms with van der Waals surface area (Å²) in [5.41, 5.74) is 3.04. The average Bonchev–Trinajstić information content (AvgIpc) is 2.92. The van der Waals surface area contributed by atoms with E-state index < -0.39 is 0 Å². The molecule has 2 aliphatic heterocycles. The van der Waals surface area contributed by atoms with Crippen LogP contribution in [0.4, 0.5) is 5.95 Å². The van der Waals surface area contributed by atoms with Crippen LogP contribution in [0.2, 0.25) is 0 Å². The second kappa shape index (κ2) is 8.97. The normalized spacial score (nSPS) is 17.8. The highest BCUT2D eigenvalue weighted by molar-refractivity contribution is 5.34. The standard InChI is InChI=1S/C22H30N4O3/c1-16(2)29-18-5-3-17(4-6-18)15-25-9-7-19-20(8-10-25)23-22(24-21(19)27)26-11-13-28-14-12-26/h3-6,16H,7-15H2,1-2H3,(H,23,24,27). The van der Waals surface area contributed by atoms with Crippen molar-refractivity contribution in [3.63, 3.8) is 0 Å². The Morgan fingerprint density at radius 3 is 2.55 bits per heavy atom. The molecule has 3 heterocycles. The van der Waals surface area contributed by atoms with Gasteiger partial charge in [-0.2, -0.15) is 0 Å². The van der Waals surface area contributed by atoms with Crippen LogP contribution in [0.15, 0.2) is 29.1 Å². The highest BCUT2D eigenvalue weighted by atomic mass is 16.5. The molecule has 1 fully saturated rings. The van der Waals surface area contributed by atoms with Crippen molar-refractivity contribution >= 4 is 5.95 Å². The van der Waals surface area contributed by atoms with Gasteiger partial charge in [-0.15, -0.1) is 0 Å². The number of hydrogen-bond donors (Lipinski definition) is 1. The summed E-state index contributed by atoms with van der Waals surface area (Å²) in [5.74, 6) is 1.59. The Hall–Kier alpha value is -2.38. The summed E-state index contributed by atoms with van der Waals surface area (Å²) in [6.45, 7) is 9.57. The van der Waals surface area contributed by atoms with Crippen molar-refractivity contribution in [3.05, 3.63) is 51.4 Å². The summed E-state index contributed by atoms with van der Waals surface area (Å²) in [6, 6.07) is 8.31. The quantitative estimate of drug-likeness (QED) is 0.831. The van der Waals surface area contributed by atoms with Gasteiger partial charge in [0.25, 0.3) is 5.56 Å². The summed E-state index contributed by atoms with van der Waals surface area (Å²) < 4.78 is 11.1. The van der Waals surface area contributed by atoms with Crippen molar-refractivity contribution in [1.29, 1.82) is 0 Å². The molecule has 1 saturated heterocycles. The zero-order valence-corrected chi connectivity index (χ0v) is 17.3. The van der Waals surface area contributed by atoms with Gasteiger partial charge >= 0.3 is 0 Å². The van der Waals surface area contributed by atoms with E-state index in [2.05, 4.69) is 26.9 Å². The molecule has 0 atom stereocenters. The van der Waals surface area contributed by atoms with Gasteiger partial charge in [-0.25, -0.2) is 4.98 Å². The van der Waals surface area contributed by atoms with Crippen LogP contribution in [-0.2, 0) is 24.1 Å². The van der Waals surface area contributed by atoms with E-state index in [1.165, 1.54) is 5.56 Å². The van der Waals surface area contributed by atoms with E-state index in [-0.39, 0.29) is 11.7 Å². The summed E-state index contributed by atoms with van der Waals surface area (Å²) in [7, 11) is 0. The monoisotopic (exact) mass is 398 g/mol. The molecule has 2 aliphatic rings. The lowest BCUT2D eigenvalue weighted by atomic mass is 10.1. The summed E-state index contributed by atoms with van der Waals surface area (Å²) >= 11 is 0. The molecule has 29 heavy (non-hydrogen) atoms. The molecule has 1 aromatic carbocycles. The molecule has 7 nitrogen and oxygen atoms in total. The molecular weight excluding hydrogens is 368 g/mol. The zero-order chi connectivity index (χ0) is 20.2. The number of hydrogen-bond acceptors (Lipinski definition) is 6. The van der Waals surface area contributed by atoms with Crippen LogP contribution in [-0.4, -0.2) is 60.4 Å². The van der Waals surface area contributed by atoms with E-state index in [0.717, 1.165) is 62.6 Å². The number of ether oxygens (including phenoxy) is 2. The molecule has 7 heteroatoms. The van der Waals surface area contributed by atoms with Gasteiger partial charge in [0, 0.05) is 44.7 Å². The van der Waals surface area contributed by atoms with E-state index >= 15 is 0 Å². The van der Waals surface area contributed by atoms with Crippen LogP contribution >= 0.6 is 0 Å². The van der Waals surface area contributed by atoms with Gasteiger partial charge < -0.3 is 14.4 Å². The average molecular weight is 399 g/mol. The highest BCUT2D eigenvalue weighted by Gasteiger charge is 2.21. The minimum absolute atomic E-state index is 0.00790.